The number of nitriles is 1. The molecule has 0 fully saturated rings. The maximum absolute atomic E-state index is 8.81. The molecular weight excluding hydrogens is 210 g/mol. The summed E-state index contributed by atoms with van der Waals surface area (Å²) in [5, 5.41) is 12.1. The molecule has 0 atom stereocenters. The lowest BCUT2D eigenvalue weighted by atomic mass is 10.1. The van der Waals surface area contributed by atoms with Crippen LogP contribution in [0.3, 0.4) is 0 Å². The Morgan fingerprint density at radius 3 is 3.00 bits per heavy atom. The van der Waals surface area contributed by atoms with Crippen molar-refractivity contribution >= 4 is 5.69 Å². The molecule has 1 N–H and O–H groups in total. The van der Waals surface area contributed by atoms with Gasteiger partial charge in [-0.1, -0.05) is 6.07 Å². The Labute approximate surface area is 101 Å². The summed E-state index contributed by atoms with van der Waals surface area (Å²) in [7, 11) is 0. The maximum Gasteiger partial charge on any atom is 0.0992 e. The number of nitrogens with one attached hydrogen (secondary N) is 1. The summed E-state index contributed by atoms with van der Waals surface area (Å²) in [6.07, 6.45) is 3.64. The van der Waals surface area contributed by atoms with Gasteiger partial charge in [0.15, 0.2) is 0 Å². The van der Waals surface area contributed by atoms with Crippen LogP contribution in [0, 0.1) is 18.3 Å². The molecule has 2 rings (SSSR count). The molecule has 3 heteroatoms. The normalized spacial score (nSPS) is 9.65. The van der Waals surface area contributed by atoms with E-state index in [1.165, 1.54) is 5.56 Å². The standard InChI is InChI=1S/C14H13N3/c1-11-9-16-6-5-13(11)10-17-14-4-2-3-12(7-14)8-15/h2-7,9,17H,10H2,1H3. The van der Waals surface area contributed by atoms with E-state index in [2.05, 4.69) is 16.4 Å². The van der Waals surface area contributed by atoms with E-state index in [0.717, 1.165) is 17.8 Å². The second kappa shape index (κ2) is 5.13. The maximum atomic E-state index is 8.81. The zero-order chi connectivity index (χ0) is 12.1. The second-order valence-electron chi connectivity index (χ2n) is 3.85. The topological polar surface area (TPSA) is 48.7 Å². The van der Waals surface area contributed by atoms with Crippen LogP contribution in [0.15, 0.2) is 42.7 Å². The van der Waals surface area contributed by atoms with Crippen molar-refractivity contribution in [3.63, 3.8) is 0 Å². The Bertz CT molecular complexity index is 555. The van der Waals surface area contributed by atoms with Crippen molar-refractivity contribution in [1.82, 2.24) is 4.98 Å². The van der Waals surface area contributed by atoms with E-state index >= 15 is 0 Å². The molecule has 0 radical (unpaired) electrons. The third kappa shape index (κ3) is 2.82. The van der Waals surface area contributed by atoms with Crippen LogP contribution in [0.1, 0.15) is 16.7 Å². The van der Waals surface area contributed by atoms with Crippen LogP contribution < -0.4 is 5.32 Å². The van der Waals surface area contributed by atoms with Crippen LogP contribution in [0.4, 0.5) is 5.69 Å². The van der Waals surface area contributed by atoms with Gasteiger partial charge < -0.3 is 5.32 Å². The van der Waals surface area contributed by atoms with Crippen LogP contribution in [0.2, 0.25) is 0 Å². The minimum Gasteiger partial charge on any atom is -0.381 e. The molecule has 0 bridgehead atoms. The summed E-state index contributed by atoms with van der Waals surface area (Å²) < 4.78 is 0. The molecule has 84 valence electrons. The van der Waals surface area contributed by atoms with Crippen molar-refractivity contribution in [1.29, 1.82) is 5.26 Å². The van der Waals surface area contributed by atoms with E-state index in [9.17, 15) is 0 Å². The van der Waals surface area contributed by atoms with Crippen molar-refractivity contribution < 1.29 is 0 Å². The lowest BCUT2D eigenvalue weighted by molar-refractivity contribution is 1.09. The number of rotatable bonds is 3. The van der Waals surface area contributed by atoms with Gasteiger partial charge in [0.2, 0.25) is 0 Å². The SMILES string of the molecule is Cc1cnccc1CNc1cccc(C#N)c1. The highest BCUT2D eigenvalue weighted by Gasteiger charge is 1.98. The first-order valence-electron chi connectivity index (χ1n) is 5.43. The molecule has 0 aliphatic carbocycles. The van der Waals surface area contributed by atoms with Crippen LogP contribution in [-0.4, -0.2) is 4.98 Å². The minimum absolute atomic E-state index is 0.668. The molecule has 17 heavy (non-hydrogen) atoms. The van der Waals surface area contributed by atoms with Gasteiger partial charge in [-0.25, -0.2) is 0 Å². The molecule has 0 unspecified atom stereocenters. The fourth-order valence-electron chi connectivity index (χ4n) is 1.60. The van der Waals surface area contributed by atoms with Gasteiger partial charge in [-0.3, -0.25) is 4.98 Å². The fourth-order valence-corrected chi connectivity index (χ4v) is 1.60. The van der Waals surface area contributed by atoms with Crippen molar-refractivity contribution in [2.45, 2.75) is 13.5 Å². The van der Waals surface area contributed by atoms with E-state index in [1.807, 2.05) is 37.4 Å². The molecule has 0 saturated heterocycles. The van der Waals surface area contributed by atoms with E-state index in [-0.39, 0.29) is 0 Å². The first kappa shape index (κ1) is 11.2. The number of nitrogens with zero attached hydrogens (tertiary/aromatic N) is 2. The zero-order valence-electron chi connectivity index (χ0n) is 9.64. The van der Waals surface area contributed by atoms with Gasteiger partial charge in [0.05, 0.1) is 11.6 Å². The number of anilines is 1. The van der Waals surface area contributed by atoms with Crippen LogP contribution in [0.5, 0.6) is 0 Å². The molecule has 0 amide bonds. The van der Waals surface area contributed by atoms with E-state index in [1.54, 1.807) is 12.3 Å². The molecule has 0 spiro atoms. The van der Waals surface area contributed by atoms with Gasteiger partial charge in [0, 0.05) is 24.6 Å². The largest absolute Gasteiger partial charge is 0.381 e. The first-order valence-corrected chi connectivity index (χ1v) is 5.43. The lowest BCUT2D eigenvalue weighted by Gasteiger charge is -2.08. The predicted octanol–water partition coefficient (Wildman–Crippen LogP) is 2.87. The summed E-state index contributed by atoms with van der Waals surface area (Å²) in [5.41, 5.74) is 4.00. The highest BCUT2D eigenvalue weighted by Crippen LogP contribution is 2.12. The number of pyridine rings is 1. The molecule has 0 saturated carbocycles. The second-order valence-corrected chi connectivity index (χ2v) is 3.85. The number of hydrogen-bond acceptors (Lipinski definition) is 3. The Balaban J connectivity index is 2.08. The van der Waals surface area contributed by atoms with Gasteiger partial charge >= 0.3 is 0 Å². The molecule has 0 aliphatic rings. The molecule has 2 aromatic rings. The molecule has 1 aromatic heterocycles. The Morgan fingerprint density at radius 2 is 2.24 bits per heavy atom. The smallest absolute Gasteiger partial charge is 0.0992 e. The quantitative estimate of drug-likeness (QED) is 0.870. The Morgan fingerprint density at radius 1 is 1.35 bits per heavy atom. The van der Waals surface area contributed by atoms with Gasteiger partial charge in [0.1, 0.15) is 0 Å². The Hall–Kier alpha value is -2.34. The third-order valence-electron chi connectivity index (χ3n) is 2.61. The first-order chi connectivity index (χ1) is 8.29. The van der Waals surface area contributed by atoms with Crippen molar-refractivity contribution in [2.24, 2.45) is 0 Å². The summed E-state index contributed by atoms with van der Waals surface area (Å²) in [6, 6.07) is 11.6. The summed E-state index contributed by atoms with van der Waals surface area (Å²) in [5.74, 6) is 0. The van der Waals surface area contributed by atoms with Crippen LogP contribution in [-0.2, 0) is 6.54 Å². The molecule has 3 nitrogen and oxygen atoms in total. The number of aromatic nitrogens is 1. The molecule has 0 aliphatic heterocycles. The highest BCUT2D eigenvalue weighted by atomic mass is 14.9. The summed E-state index contributed by atoms with van der Waals surface area (Å²) in [6.45, 7) is 2.78. The predicted molar refractivity (Wildman–Crippen MR) is 67.5 cm³/mol. The van der Waals surface area contributed by atoms with Gasteiger partial charge in [-0.15, -0.1) is 0 Å². The molecular formula is C14H13N3. The van der Waals surface area contributed by atoms with E-state index in [4.69, 9.17) is 5.26 Å². The van der Waals surface area contributed by atoms with Crippen molar-refractivity contribution in [2.75, 3.05) is 5.32 Å². The van der Waals surface area contributed by atoms with Crippen molar-refractivity contribution in [3.05, 3.63) is 59.4 Å². The fraction of sp³-hybridized carbons (Fsp3) is 0.143. The van der Waals surface area contributed by atoms with Gasteiger partial charge in [-0.2, -0.15) is 5.26 Å². The van der Waals surface area contributed by atoms with E-state index < -0.39 is 0 Å². The van der Waals surface area contributed by atoms with Crippen molar-refractivity contribution in [3.8, 4) is 6.07 Å². The average Bonchev–Trinajstić information content (AvgIpc) is 2.38. The minimum atomic E-state index is 0.668. The lowest BCUT2D eigenvalue weighted by Crippen LogP contribution is -2.01. The number of aryl methyl sites for hydroxylation is 1. The number of benzene rings is 1. The van der Waals surface area contributed by atoms with E-state index in [0.29, 0.717) is 5.56 Å². The summed E-state index contributed by atoms with van der Waals surface area (Å²) in [4.78, 5) is 4.06. The van der Waals surface area contributed by atoms with Gasteiger partial charge in [0.25, 0.3) is 0 Å². The average molecular weight is 223 g/mol. The molecule has 1 heterocycles. The van der Waals surface area contributed by atoms with Crippen LogP contribution >= 0.6 is 0 Å². The number of hydrogen-bond donors (Lipinski definition) is 1. The molecule has 1 aromatic carbocycles. The third-order valence-corrected chi connectivity index (χ3v) is 2.61. The monoisotopic (exact) mass is 223 g/mol. The summed E-state index contributed by atoms with van der Waals surface area (Å²) >= 11 is 0. The Kier molecular flexibility index (Phi) is 3.37. The van der Waals surface area contributed by atoms with Crippen LogP contribution in [0.25, 0.3) is 0 Å². The van der Waals surface area contributed by atoms with Gasteiger partial charge in [-0.05, 0) is 42.3 Å². The zero-order valence-corrected chi connectivity index (χ0v) is 9.64. The highest BCUT2D eigenvalue weighted by molar-refractivity contribution is 5.49.